The molecule has 125 heavy (non-hydrogen) atoms. The van der Waals surface area contributed by atoms with Crippen LogP contribution in [0.15, 0.2) is 12.2 Å². The number of carbonyl (C=O) groups is 4. The molecule has 730 valence electrons. The number of ether oxygens (including phenoxy) is 12. The number of carboxylic acid groups (broad SMARTS) is 1. The Morgan fingerprint density at radius 3 is 1.34 bits per heavy atom. The minimum atomic E-state index is -3.44. The van der Waals surface area contributed by atoms with Gasteiger partial charge in [0.15, 0.2) is 31.5 Å². The summed E-state index contributed by atoms with van der Waals surface area (Å²) < 4.78 is 72.7. The molecule has 6 aliphatic rings. The number of carboxylic acids is 1. The van der Waals surface area contributed by atoms with Crippen LogP contribution in [0.3, 0.4) is 0 Å². The van der Waals surface area contributed by atoms with Crippen molar-refractivity contribution in [3.63, 3.8) is 0 Å². The first kappa shape index (κ1) is 110. The fourth-order valence-electron chi connectivity index (χ4n) is 17.1. The second-order valence-electron chi connectivity index (χ2n) is 34.9. The molecule has 3 amide bonds. The van der Waals surface area contributed by atoms with Crippen molar-refractivity contribution in [1.29, 1.82) is 0 Å². The lowest BCUT2D eigenvalue weighted by Crippen LogP contribution is -2.72. The number of amides is 3. The van der Waals surface area contributed by atoms with Crippen LogP contribution < -0.4 is 16.0 Å². The number of aliphatic carboxylic acids is 1. The van der Waals surface area contributed by atoms with E-state index < -0.39 is 272 Å². The summed E-state index contributed by atoms with van der Waals surface area (Å²) in [6, 6.07) is -4.98. The van der Waals surface area contributed by atoms with Gasteiger partial charge < -0.3 is 170 Å². The predicted molar refractivity (Wildman–Crippen MR) is 447 cm³/mol. The van der Waals surface area contributed by atoms with Gasteiger partial charge in [-0.2, -0.15) is 0 Å². The Bertz CT molecular complexity index is 2960. The summed E-state index contributed by atoms with van der Waals surface area (Å²) in [5.74, 6) is -7.89. The quantitative estimate of drug-likeness (QED) is 0.0297. The monoisotopic (exact) mass is 1800 g/mol. The summed E-state index contributed by atoms with van der Waals surface area (Å²) in [7, 11) is 0. The number of aliphatic hydroxyl groups excluding tert-OH is 18. The van der Waals surface area contributed by atoms with Gasteiger partial charge in [0.05, 0.1) is 70.0 Å². The van der Waals surface area contributed by atoms with E-state index in [9.17, 15) is 116 Å². The molecule has 12 unspecified atom stereocenters. The minimum Gasteiger partial charge on any atom is -0.477 e. The highest BCUT2D eigenvalue weighted by atomic mass is 16.8. The molecule has 0 aliphatic carbocycles. The van der Waals surface area contributed by atoms with Crippen molar-refractivity contribution in [3.8, 4) is 0 Å². The van der Waals surface area contributed by atoms with E-state index in [2.05, 4.69) is 29.8 Å². The summed E-state index contributed by atoms with van der Waals surface area (Å²) in [6.45, 7) is 1.31. The molecule has 38 nitrogen and oxygen atoms in total. The van der Waals surface area contributed by atoms with Crippen molar-refractivity contribution >= 4 is 23.7 Å². The lowest BCUT2D eigenvalue weighted by Gasteiger charge is -2.53. The van der Waals surface area contributed by atoms with E-state index in [0.717, 1.165) is 78.1 Å². The number of nitrogens with one attached hydrogen (secondary N) is 3. The summed E-state index contributed by atoms with van der Waals surface area (Å²) in [4.78, 5) is 53.8. The molecule has 38 heteroatoms. The van der Waals surface area contributed by atoms with Crippen molar-refractivity contribution in [2.75, 3.05) is 39.6 Å². The number of rotatable bonds is 62. The summed E-state index contributed by atoms with van der Waals surface area (Å²) >= 11 is 0. The maximum Gasteiger partial charge on any atom is 0.364 e. The second kappa shape index (κ2) is 59.1. The first-order valence-electron chi connectivity index (χ1n) is 46.5. The van der Waals surface area contributed by atoms with E-state index in [0.29, 0.717) is 12.8 Å². The van der Waals surface area contributed by atoms with Gasteiger partial charge in [0.25, 0.3) is 5.79 Å². The van der Waals surface area contributed by atoms with E-state index in [-0.39, 0.29) is 6.42 Å². The molecule has 33 atom stereocenters. The van der Waals surface area contributed by atoms with Crippen LogP contribution in [0.25, 0.3) is 0 Å². The summed E-state index contributed by atoms with van der Waals surface area (Å²) in [5, 5.41) is 222. The molecule has 6 aliphatic heterocycles. The van der Waals surface area contributed by atoms with Gasteiger partial charge >= 0.3 is 5.97 Å². The molecule has 0 radical (unpaired) electrons. The van der Waals surface area contributed by atoms with Gasteiger partial charge in [-0.3, -0.25) is 14.4 Å². The Labute approximate surface area is 735 Å². The van der Waals surface area contributed by atoms with Crippen LogP contribution in [0.4, 0.5) is 0 Å². The largest absolute Gasteiger partial charge is 0.477 e. The summed E-state index contributed by atoms with van der Waals surface area (Å²) in [6.07, 6.45) is -16.4. The fourth-order valence-corrected chi connectivity index (χ4v) is 17.1. The zero-order valence-corrected chi connectivity index (χ0v) is 74.1. The number of allylic oxidation sites excluding steroid dienone is 1. The van der Waals surface area contributed by atoms with Gasteiger partial charge in [0, 0.05) is 26.7 Å². The van der Waals surface area contributed by atoms with Crippen molar-refractivity contribution < 1.29 is 173 Å². The topological polar surface area (TPSA) is 600 Å². The van der Waals surface area contributed by atoms with Crippen molar-refractivity contribution in [3.05, 3.63) is 12.2 Å². The van der Waals surface area contributed by atoms with Crippen molar-refractivity contribution in [1.82, 2.24) is 16.0 Å². The average molecular weight is 1810 g/mol. The van der Waals surface area contributed by atoms with Crippen LogP contribution >= 0.6 is 0 Å². The van der Waals surface area contributed by atoms with Crippen LogP contribution in [0, 0.1) is 0 Å². The van der Waals surface area contributed by atoms with E-state index in [1.807, 2.05) is 6.08 Å². The number of aliphatic hydroxyl groups is 18. The van der Waals surface area contributed by atoms with Crippen LogP contribution in [-0.2, 0) is 76.0 Å². The molecule has 0 aromatic carbocycles. The predicted octanol–water partition coefficient (Wildman–Crippen LogP) is 0.930. The van der Waals surface area contributed by atoms with E-state index >= 15 is 0 Å². The number of hydrogen-bond acceptors (Lipinski definition) is 34. The van der Waals surface area contributed by atoms with E-state index in [1.165, 1.54) is 161 Å². The van der Waals surface area contributed by atoms with Gasteiger partial charge in [-0.05, 0) is 26.2 Å². The van der Waals surface area contributed by atoms with Crippen LogP contribution in [0.2, 0.25) is 0 Å². The maximum atomic E-state index is 14.0. The molecule has 6 rings (SSSR count). The lowest BCUT2D eigenvalue weighted by atomic mass is 9.88. The SMILES string of the molecule is CCCCCCCCCCCCC/C=C/[C@@H](O)[C@H](CO[C@@H]1OC(CO)[C@@H](O[C@@H]2OC(CO)[C@H](O[C@@H]3OC(CO)[C@H](O)[C@H](O[C@@H]4OC(CO)[C@H](O)[C@H](O)C4O[C@H]4OC(C)[C@@H](O)C(O)[C@@H]4O)C3NC(C)=O)[C@H](O[C@]3(C(=O)O)CC(O)[C@@H](NC(C)=O)C([C@H](O)[C@H](O)CO)O3)C2O)[C@H](O)C1O)NC(=O)CCCCCCCCCCCCCCCCCCCCCCCCC. The van der Waals surface area contributed by atoms with Crippen LogP contribution in [0.5, 0.6) is 0 Å². The Hall–Kier alpha value is -3.58. The maximum absolute atomic E-state index is 14.0. The lowest BCUT2D eigenvalue weighted by molar-refractivity contribution is -0.405. The normalized spacial score (nSPS) is 35.1. The molecular weight excluding hydrogens is 1650 g/mol. The molecule has 6 heterocycles. The Morgan fingerprint density at radius 1 is 0.432 bits per heavy atom. The first-order valence-corrected chi connectivity index (χ1v) is 46.5. The van der Waals surface area contributed by atoms with Crippen molar-refractivity contribution in [2.24, 2.45) is 0 Å². The molecule has 0 aromatic rings. The Balaban J connectivity index is 1.20. The van der Waals surface area contributed by atoms with Crippen LogP contribution in [-0.4, -0.2) is 362 Å². The smallest absolute Gasteiger partial charge is 0.364 e. The molecule has 0 aromatic heterocycles. The highest BCUT2D eigenvalue weighted by molar-refractivity contribution is 5.77. The molecule has 6 saturated heterocycles. The van der Waals surface area contributed by atoms with E-state index in [4.69, 9.17) is 56.8 Å². The standard InChI is InChI=1S/C87H157N3O35/c1-6-8-10-12-14-16-18-20-21-22-23-24-25-26-27-28-29-31-33-35-37-39-41-43-62(101)90-54(55(98)42-40-38-36-34-32-30-19-17-15-13-11-9-7-2)50-114-82-73(110)71(108)75(60(48-94)118-82)120-84-74(111)79(125-87(86(112)113)44-56(99)63(88-52(4)96)78(124-87)66(103)57(100)45-91)76(61(49-95)119-84)121-81-64(89-53(5)97)77(68(105)59(47-93)116-81)122-85-80(70(107)67(104)58(46-92)117-85)123-83-72(109)69(106)65(102)51(3)115-83/h40,42,51,54-61,63-85,91-95,98-100,102-111H,6-39,41,43-50H2,1-5H3,(H,88,96)(H,89,97)(H,90,101)(H,112,113)/b42-40+/t51?,54-,55+,56?,57+,58?,59?,60?,61?,63+,64?,65+,66+,67-,68-,69?,70-,71+,72-,73?,74?,75+,76-,77+,78?,79+,80?,81-,82+,83+,84-,85-,87-/m0/s1. The van der Waals surface area contributed by atoms with E-state index in [1.54, 1.807) is 0 Å². The minimum absolute atomic E-state index is 0.119. The fraction of sp³-hybridized carbons (Fsp3) is 0.931. The third-order valence-corrected chi connectivity index (χ3v) is 24.7. The molecular formula is C87H157N3O35. The highest BCUT2D eigenvalue weighted by Gasteiger charge is 2.63. The average Bonchev–Trinajstić information content (AvgIpc) is 0.743. The van der Waals surface area contributed by atoms with Gasteiger partial charge in [0.1, 0.15) is 134 Å². The molecule has 0 spiro atoms. The zero-order valence-electron chi connectivity index (χ0n) is 74.1. The number of carbonyl (C=O) groups excluding carboxylic acids is 3. The summed E-state index contributed by atoms with van der Waals surface area (Å²) in [5.41, 5.74) is 0. The Kier molecular flexibility index (Phi) is 52.1. The van der Waals surface area contributed by atoms with Gasteiger partial charge in [-0.1, -0.05) is 231 Å². The Morgan fingerprint density at radius 2 is 0.848 bits per heavy atom. The third-order valence-electron chi connectivity index (χ3n) is 24.7. The van der Waals surface area contributed by atoms with Gasteiger partial charge in [0.2, 0.25) is 17.7 Å². The zero-order chi connectivity index (χ0) is 91.7. The van der Waals surface area contributed by atoms with Gasteiger partial charge in [-0.15, -0.1) is 0 Å². The van der Waals surface area contributed by atoms with Crippen molar-refractivity contribution in [2.45, 2.75) is 474 Å². The molecule has 0 saturated carbocycles. The third kappa shape index (κ3) is 34.8. The number of unbranched alkanes of at least 4 members (excludes halogenated alkanes) is 33. The molecule has 6 fully saturated rings. The van der Waals surface area contributed by atoms with Crippen LogP contribution in [0.1, 0.15) is 272 Å². The molecule has 0 bridgehead atoms. The highest BCUT2D eigenvalue weighted by Crippen LogP contribution is 2.42. The molecule has 22 N–H and O–H groups in total. The second-order valence-corrected chi connectivity index (χ2v) is 34.9. The van der Waals surface area contributed by atoms with Gasteiger partial charge in [-0.25, -0.2) is 4.79 Å². The number of hydrogen-bond donors (Lipinski definition) is 22. The first-order chi connectivity index (χ1) is 60.0.